The Kier molecular flexibility index (Phi) is 7.75. The van der Waals surface area contributed by atoms with Crippen molar-refractivity contribution in [3.8, 4) is 0 Å². The van der Waals surface area contributed by atoms with Gasteiger partial charge >= 0.3 is 0 Å². The van der Waals surface area contributed by atoms with Gasteiger partial charge in [-0.1, -0.05) is 36.4 Å². The number of hydrogen-bond donors (Lipinski definition) is 3. The first kappa shape index (κ1) is 22.8. The molecule has 0 fully saturated rings. The zero-order chi connectivity index (χ0) is 21.5. The van der Waals surface area contributed by atoms with E-state index in [1.54, 1.807) is 70.3 Å². The molecule has 0 unspecified atom stereocenters. The Morgan fingerprint density at radius 3 is 2.24 bits per heavy atom. The number of hydrogen-bond acceptors (Lipinski definition) is 3. The van der Waals surface area contributed by atoms with E-state index in [4.69, 9.17) is 0 Å². The standard InChI is InChI=1S/C21H29FN4O2S/c1-21(2,3)26-29(27,28)19-12-8-6-10-17(19)15-25-20(23-4)24-14-13-16-9-5-7-11-18(16)22/h5-12,26H,13-15H2,1-4H3,(H2,23,24,25). The molecule has 0 aliphatic heterocycles. The van der Waals surface area contributed by atoms with Crippen LogP contribution in [0.5, 0.6) is 0 Å². The van der Waals surface area contributed by atoms with Gasteiger partial charge in [-0.2, -0.15) is 0 Å². The second-order valence-corrected chi connectivity index (χ2v) is 9.31. The van der Waals surface area contributed by atoms with Gasteiger partial charge in [0.25, 0.3) is 0 Å². The Morgan fingerprint density at radius 2 is 1.62 bits per heavy atom. The van der Waals surface area contributed by atoms with Crippen molar-refractivity contribution in [2.24, 2.45) is 4.99 Å². The molecule has 0 aromatic heterocycles. The van der Waals surface area contributed by atoms with Crippen LogP contribution in [-0.4, -0.2) is 33.5 Å². The summed E-state index contributed by atoms with van der Waals surface area (Å²) in [4.78, 5) is 4.37. The summed E-state index contributed by atoms with van der Waals surface area (Å²) in [6.07, 6.45) is 0.508. The van der Waals surface area contributed by atoms with Crippen LogP contribution < -0.4 is 15.4 Å². The van der Waals surface area contributed by atoms with E-state index in [0.717, 1.165) is 0 Å². The van der Waals surface area contributed by atoms with E-state index in [1.807, 2.05) is 0 Å². The molecule has 8 heteroatoms. The molecule has 0 amide bonds. The number of halogens is 1. The Labute approximate surface area is 172 Å². The third-order valence-electron chi connectivity index (χ3n) is 4.02. The Bertz CT molecular complexity index is 953. The molecule has 0 saturated heterocycles. The van der Waals surface area contributed by atoms with Crippen molar-refractivity contribution in [1.29, 1.82) is 0 Å². The highest BCUT2D eigenvalue weighted by Gasteiger charge is 2.24. The lowest BCUT2D eigenvalue weighted by Crippen LogP contribution is -2.41. The molecule has 2 aromatic rings. The van der Waals surface area contributed by atoms with Crippen LogP contribution in [0.2, 0.25) is 0 Å². The van der Waals surface area contributed by atoms with Crippen LogP contribution in [0.4, 0.5) is 4.39 Å². The second kappa shape index (κ2) is 9.84. The van der Waals surface area contributed by atoms with Crippen molar-refractivity contribution in [2.75, 3.05) is 13.6 Å². The Hall–Kier alpha value is -2.45. The highest BCUT2D eigenvalue weighted by atomic mass is 32.2. The SMILES string of the molecule is CN=C(NCCc1ccccc1F)NCc1ccccc1S(=O)(=O)NC(C)(C)C. The van der Waals surface area contributed by atoms with Crippen LogP contribution in [0.15, 0.2) is 58.4 Å². The van der Waals surface area contributed by atoms with Gasteiger partial charge in [-0.05, 0) is 50.5 Å². The third kappa shape index (κ3) is 7.14. The summed E-state index contributed by atoms with van der Waals surface area (Å²) in [6, 6.07) is 13.5. The van der Waals surface area contributed by atoms with E-state index in [0.29, 0.717) is 30.1 Å². The number of rotatable bonds is 7. The van der Waals surface area contributed by atoms with E-state index in [1.165, 1.54) is 6.07 Å². The quantitative estimate of drug-likeness (QED) is 0.475. The summed E-state index contributed by atoms with van der Waals surface area (Å²) < 4.78 is 41.8. The minimum atomic E-state index is -3.65. The van der Waals surface area contributed by atoms with E-state index < -0.39 is 15.6 Å². The van der Waals surface area contributed by atoms with Crippen LogP contribution in [0, 0.1) is 5.82 Å². The van der Waals surface area contributed by atoms with Crippen molar-refractivity contribution in [3.05, 3.63) is 65.5 Å². The van der Waals surface area contributed by atoms with E-state index in [-0.39, 0.29) is 17.3 Å². The van der Waals surface area contributed by atoms with Crippen LogP contribution in [-0.2, 0) is 23.0 Å². The highest BCUT2D eigenvalue weighted by molar-refractivity contribution is 7.89. The van der Waals surface area contributed by atoms with Gasteiger partial charge in [-0.15, -0.1) is 0 Å². The summed E-state index contributed by atoms with van der Waals surface area (Å²) in [7, 11) is -2.03. The largest absolute Gasteiger partial charge is 0.356 e. The van der Waals surface area contributed by atoms with Gasteiger partial charge in [0.05, 0.1) is 4.90 Å². The topological polar surface area (TPSA) is 82.6 Å². The number of sulfonamides is 1. The molecule has 158 valence electrons. The van der Waals surface area contributed by atoms with E-state index in [2.05, 4.69) is 20.3 Å². The molecular formula is C21H29FN4O2S. The molecule has 0 heterocycles. The summed E-state index contributed by atoms with van der Waals surface area (Å²) in [5.41, 5.74) is 0.672. The molecule has 6 nitrogen and oxygen atoms in total. The maximum absolute atomic E-state index is 13.7. The highest BCUT2D eigenvalue weighted by Crippen LogP contribution is 2.17. The molecule has 0 spiro atoms. The molecular weight excluding hydrogens is 391 g/mol. The van der Waals surface area contributed by atoms with Gasteiger partial charge in [0, 0.05) is 25.7 Å². The summed E-state index contributed by atoms with van der Waals surface area (Å²) in [5.74, 6) is 0.278. The zero-order valence-corrected chi connectivity index (χ0v) is 18.1. The molecule has 2 rings (SSSR count). The van der Waals surface area contributed by atoms with Crippen molar-refractivity contribution in [3.63, 3.8) is 0 Å². The first-order chi connectivity index (χ1) is 13.6. The monoisotopic (exact) mass is 420 g/mol. The maximum atomic E-state index is 13.7. The fraction of sp³-hybridized carbons (Fsp3) is 0.381. The van der Waals surface area contributed by atoms with Crippen LogP contribution in [0.1, 0.15) is 31.9 Å². The molecule has 0 bridgehead atoms. The van der Waals surface area contributed by atoms with Crippen LogP contribution in [0.3, 0.4) is 0 Å². The molecule has 0 saturated carbocycles. The molecule has 0 atom stereocenters. The average Bonchev–Trinajstić information content (AvgIpc) is 2.64. The number of nitrogens with one attached hydrogen (secondary N) is 3. The molecule has 3 N–H and O–H groups in total. The molecule has 0 radical (unpaired) electrons. The summed E-state index contributed by atoms with van der Waals surface area (Å²) in [5, 5.41) is 6.23. The lowest BCUT2D eigenvalue weighted by molar-refractivity contribution is 0.491. The second-order valence-electron chi connectivity index (χ2n) is 7.66. The molecule has 2 aromatic carbocycles. The maximum Gasteiger partial charge on any atom is 0.241 e. The fourth-order valence-electron chi connectivity index (χ4n) is 2.79. The van der Waals surface area contributed by atoms with E-state index in [9.17, 15) is 12.8 Å². The summed E-state index contributed by atoms with van der Waals surface area (Å²) >= 11 is 0. The predicted octanol–water partition coefficient (Wildman–Crippen LogP) is 2.81. The van der Waals surface area contributed by atoms with E-state index >= 15 is 0 Å². The van der Waals surface area contributed by atoms with Gasteiger partial charge in [0.1, 0.15) is 5.82 Å². The molecule has 0 aliphatic rings. The van der Waals surface area contributed by atoms with Crippen LogP contribution >= 0.6 is 0 Å². The van der Waals surface area contributed by atoms with Crippen LogP contribution in [0.25, 0.3) is 0 Å². The predicted molar refractivity (Wildman–Crippen MR) is 115 cm³/mol. The number of nitrogens with zero attached hydrogens (tertiary/aromatic N) is 1. The Balaban J connectivity index is 2.00. The lowest BCUT2D eigenvalue weighted by Gasteiger charge is -2.22. The lowest BCUT2D eigenvalue weighted by atomic mass is 10.1. The third-order valence-corrected chi connectivity index (χ3v) is 5.88. The van der Waals surface area contributed by atoms with Crippen molar-refractivity contribution >= 4 is 16.0 Å². The van der Waals surface area contributed by atoms with Gasteiger partial charge in [-0.25, -0.2) is 17.5 Å². The number of guanidine groups is 1. The normalized spacial score (nSPS) is 12.7. The minimum Gasteiger partial charge on any atom is -0.356 e. The number of benzene rings is 2. The van der Waals surface area contributed by atoms with Gasteiger partial charge in [-0.3, -0.25) is 4.99 Å². The van der Waals surface area contributed by atoms with Gasteiger partial charge < -0.3 is 10.6 Å². The van der Waals surface area contributed by atoms with Gasteiger partial charge in [0.2, 0.25) is 10.0 Å². The molecule has 29 heavy (non-hydrogen) atoms. The van der Waals surface area contributed by atoms with Crippen molar-refractivity contribution in [1.82, 2.24) is 15.4 Å². The summed E-state index contributed by atoms with van der Waals surface area (Å²) in [6.45, 7) is 6.17. The number of aliphatic imine (C=N–C) groups is 1. The first-order valence-electron chi connectivity index (χ1n) is 9.42. The Morgan fingerprint density at radius 1 is 1.00 bits per heavy atom. The minimum absolute atomic E-state index is 0.226. The molecule has 0 aliphatic carbocycles. The zero-order valence-electron chi connectivity index (χ0n) is 17.3. The van der Waals surface area contributed by atoms with Crippen molar-refractivity contribution < 1.29 is 12.8 Å². The first-order valence-corrected chi connectivity index (χ1v) is 10.9. The fourth-order valence-corrected chi connectivity index (χ4v) is 4.45. The van der Waals surface area contributed by atoms with Crippen molar-refractivity contribution in [2.45, 2.75) is 44.2 Å². The smallest absolute Gasteiger partial charge is 0.241 e. The van der Waals surface area contributed by atoms with Gasteiger partial charge in [0.15, 0.2) is 5.96 Å². The average molecular weight is 421 g/mol.